The Bertz CT molecular complexity index is 865. The van der Waals surface area contributed by atoms with Crippen LogP contribution in [0.5, 0.6) is 0 Å². The molecule has 2 unspecified atom stereocenters. The minimum absolute atomic E-state index is 0.0575. The normalized spacial score (nSPS) is 20.9. The van der Waals surface area contributed by atoms with Gasteiger partial charge in [0.25, 0.3) is 5.91 Å². The first-order chi connectivity index (χ1) is 15.1. The van der Waals surface area contributed by atoms with E-state index in [1.807, 2.05) is 0 Å². The van der Waals surface area contributed by atoms with Gasteiger partial charge in [0, 0.05) is 32.7 Å². The van der Waals surface area contributed by atoms with Gasteiger partial charge in [0.1, 0.15) is 5.82 Å². The number of amides is 2. The number of halogens is 1. The molecule has 1 N–H and O–H groups in total. The molecule has 7 nitrogen and oxygen atoms in total. The maximum atomic E-state index is 13.4. The fraction of sp³-hybridized carbons (Fsp3) is 0.478. The molecule has 3 heterocycles. The highest BCUT2D eigenvalue weighted by Gasteiger charge is 2.31. The number of carbonyl (C=O) groups is 2. The number of hydrogen-bond donors (Lipinski definition) is 1. The van der Waals surface area contributed by atoms with Gasteiger partial charge < -0.3 is 19.4 Å². The van der Waals surface area contributed by atoms with Crippen molar-refractivity contribution in [1.29, 1.82) is 0 Å². The highest BCUT2D eigenvalue weighted by Crippen LogP contribution is 2.23. The van der Waals surface area contributed by atoms with Crippen molar-refractivity contribution in [2.75, 3.05) is 45.9 Å². The average Bonchev–Trinajstić information content (AvgIpc) is 3.35. The molecule has 2 aliphatic rings. The summed E-state index contributed by atoms with van der Waals surface area (Å²) in [7, 11) is 0. The predicted molar refractivity (Wildman–Crippen MR) is 112 cm³/mol. The van der Waals surface area contributed by atoms with Crippen LogP contribution in [0.15, 0.2) is 47.1 Å². The first-order valence-electron chi connectivity index (χ1n) is 10.8. The Labute approximate surface area is 181 Å². The molecule has 166 valence electrons. The van der Waals surface area contributed by atoms with E-state index in [0.717, 1.165) is 31.5 Å². The molecule has 2 saturated heterocycles. The van der Waals surface area contributed by atoms with Crippen LogP contribution in [0.1, 0.15) is 35.0 Å². The standard InChI is InChI=1S/C23H28FN3O4/c24-19-7-5-17(6-8-19)20(26-10-13-30-14-11-26)15-25-22(28)18-3-1-9-27(16-18)23(29)21-4-2-12-31-21/h2,4-8,12,18,20H,1,3,9-11,13-16H2,(H,25,28). The van der Waals surface area contributed by atoms with E-state index in [4.69, 9.17) is 9.15 Å². The number of likely N-dealkylation sites (tertiary alicyclic amines) is 1. The number of rotatable bonds is 6. The van der Waals surface area contributed by atoms with E-state index in [1.54, 1.807) is 29.2 Å². The smallest absolute Gasteiger partial charge is 0.289 e. The second-order valence-electron chi connectivity index (χ2n) is 8.03. The molecular weight excluding hydrogens is 401 g/mol. The van der Waals surface area contributed by atoms with Gasteiger partial charge in [-0.05, 0) is 42.7 Å². The van der Waals surface area contributed by atoms with Crippen LogP contribution < -0.4 is 5.32 Å². The number of carbonyl (C=O) groups excluding carboxylic acids is 2. The van der Waals surface area contributed by atoms with Gasteiger partial charge in [0.15, 0.2) is 5.76 Å². The molecule has 2 fully saturated rings. The van der Waals surface area contributed by atoms with Crippen molar-refractivity contribution in [3.05, 3.63) is 59.8 Å². The zero-order chi connectivity index (χ0) is 21.6. The van der Waals surface area contributed by atoms with Crippen molar-refractivity contribution < 1.29 is 23.1 Å². The summed E-state index contributed by atoms with van der Waals surface area (Å²) in [5.74, 6) is -0.481. The number of nitrogens with one attached hydrogen (secondary N) is 1. The van der Waals surface area contributed by atoms with E-state index in [-0.39, 0.29) is 29.6 Å². The lowest BCUT2D eigenvalue weighted by molar-refractivity contribution is -0.126. The molecule has 2 aromatic rings. The van der Waals surface area contributed by atoms with Crippen molar-refractivity contribution in [1.82, 2.24) is 15.1 Å². The molecule has 2 aliphatic heterocycles. The minimum Gasteiger partial charge on any atom is -0.459 e. The fourth-order valence-electron chi connectivity index (χ4n) is 4.31. The molecule has 0 aliphatic carbocycles. The summed E-state index contributed by atoms with van der Waals surface area (Å²) in [5, 5.41) is 3.08. The third kappa shape index (κ3) is 5.32. The highest BCUT2D eigenvalue weighted by atomic mass is 19.1. The SMILES string of the molecule is O=C(NCC(c1ccc(F)cc1)N1CCOCC1)C1CCCN(C(=O)c2ccco2)C1. The number of ether oxygens (including phenoxy) is 1. The number of hydrogen-bond acceptors (Lipinski definition) is 5. The first-order valence-corrected chi connectivity index (χ1v) is 10.8. The first kappa shape index (κ1) is 21.5. The Morgan fingerprint density at radius 1 is 1.13 bits per heavy atom. The Balaban J connectivity index is 1.38. The molecule has 1 aromatic heterocycles. The van der Waals surface area contributed by atoms with Gasteiger partial charge in [0.2, 0.25) is 5.91 Å². The van der Waals surface area contributed by atoms with Gasteiger partial charge >= 0.3 is 0 Å². The molecule has 1 aromatic carbocycles. The predicted octanol–water partition coefficient (Wildman–Crippen LogP) is 2.46. The van der Waals surface area contributed by atoms with Crippen LogP contribution in [-0.2, 0) is 9.53 Å². The summed E-state index contributed by atoms with van der Waals surface area (Å²) in [6.45, 7) is 4.21. The third-order valence-electron chi connectivity index (χ3n) is 6.02. The van der Waals surface area contributed by atoms with Crippen molar-refractivity contribution in [3.8, 4) is 0 Å². The summed E-state index contributed by atoms with van der Waals surface area (Å²) in [5.41, 5.74) is 0.960. The topological polar surface area (TPSA) is 75.0 Å². The molecule has 2 atom stereocenters. The number of morpholine rings is 1. The lowest BCUT2D eigenvalue weighted by atomic mass is 9.96. The van der Waals surface area contributed by atoms with E-state index in [1.165, 1.54) is 18.4 Å². The minimum atomic E-state index is -0.281. The van der Waals surface area contributed by atoms with Crippen LogP contribution in [-0.4, -0.2) is 67.6 Å². The van der Waals surface area contributed by atoms with Gasteiger partial charge in [-0.25, -0.2) is 4.39 Å². The molecule has 0 radical (unpaired) electrons. The number of benzene rings is 1. The zero-order valence-corrected chi connectivity index (χ0v) is 17.5. The zero-order valence-electron chi connectivity index (χ0n) is 17.5. The van der Waals surface area contributed by atoms with Crippen LogP contribution in [0, 0.1) is 11.7 Å². The fourth-order valence-corrected chi connectivity index (χ4v) is 4.31. The van der Waals surface area contributed by atoms with Crippen molar-refractivity contribution in [2.45, 2.75) is 18.9 Å². The third-order valence-corrected chi connectivity index (χ3v) is 6.02. The van der Waals surface area contributed by atoms with Crippen molar-refractivity contribution >= 4 is 11.8 Å². The van der Waals surface area contributed by atoms with Gasteiger partial charge in [-0.2, -0.15) is 0 Å². The van der Waals surface area contributed by atoms with Crippen LogP contribution in [0.3, 0.4) is 0 Å². The van der Waals surface area contributed by atoms with E-state index in [0.29, 0.717) is 38.6 Å². The van der Waals surface area contributed by atoms with E-state index < -0.39 is 0 Å². The highest BCUT2D eigenvalue weighted by molar-refractivity contribution is 5.92. The summed E-state index contributed by atoms with van der Waals surface area (Å²) < 4.78 is 24.1. The molecule has 4 rings (SSSR count). The Morgan fingerprint density at radius 2 is 1.90 bits per heavy atom. The molecule has 0 saturated carbocycles. The van der Waals surface area contributed by atoms with Crippen molar-refractivity contribution in [2.24, 2.45) is 5.92 Å². The second kappa shape index (κ2) is 10.1. The van der Waals surface area contributed by atoms with Gasteiger partial charge in [-0.15, -0.1) is 0 Å². The molecule has 8 heteroatoms. The monoisotopic (exact) mass is 429 g/mol. The average molecular weight is 429 g/mol. The molecule has 0 bridgehead atoms. The lowest BCUT2D eigenvalue weighted by Gasteiger charge is -2.36. The Kier molecular flexibility index (Phi) is 6.99. The van der Waals surface area contributed by atoms with Crippen LogP contribution in [0.2, 0.25) is 0 Å². The van der Waals surface area contributed by atoms with Crippen LogP contribution >= 0.6 is 0 Å². The molecular formula is C23H28FN3O4. The van der Waals surface area contributed by atoms with Gasteiger partial charge in [0.05, 0.1) is 31.4 Å². The lowest BCUT2D eigenvalue weighted by Crippen LogP contribution is -2.48. The number of furan rings is 1. The maximum absolute atomic E-state index is 13.4. The number of piperidine rings is 1. The van der Waals surface area contributed by atoms with E-state index in [2.05, 4.69) is 10.2 Å². The summed E-state index contributed by atoms with van der Waals surface area (Å²) in [4.78, 5) is 29.5. The van der Waals surface area contributed by atoms with E-state index >= 15 is 0 Å². The largest absolute Gasteiger partial charge is 0.459 e. The summed E-state index contributed by atoms with van der Waals surface area (Å²) in [6.07, 6.45) is 2.99. The van der Waals surface area contributed by atoms with Crippen molar-refractivity contribution in [3.63, 3.8) is 0 Å². The molecule has 2 amide bonds. The Morgan fingerprint density at radius 3 is 2.61 bits per heavy atom. The second-order valence-corrected chi connectivity index (χ2v) is 8.03. The summed E-state index contributed by atoms with van der Waals surface area (Å²) in [6, 6.07) is 9.70. The Hall–Kier alpha value is -2.71. The quantitative estimate of drug-likeness (QED) is 0.764. The maximum Gasteiger partial charge on any atom is 0.289 e. The van der Waals surface area contributed by atoms with E-state index in [9.17, 15) is 14.0 Å². The van der Waals surface area contributed by atoms with Crippen LogP contribution in [0.4, 0.5) is 4.39 Å². The van der Waals surface area contributed by atoms with Crippen LogP contribution in [0.25, 0.3) is 0 Å². The van der Waals surface area contributed by atoms with Gasteiger partial charge in [-0.1, -0.05) is 12.1 Å². The molecule has 0 spiro atoms. The number of nitrogens with zero attached hydrogens (tertiary/aromatic N) is 2. The van der Waals surface area contributed by atoms with Gasteiger partial charge in [-0.3, -0.25) is 14.5 Å². The molecule has 31 heavy (non-hydrogen) atoms. The summed E-state index contributed by atoms with van der Waals surface area (Å²) >= 11 is 0.